The number of rotatable bonds is 5. The maximum absolute atomic E-state index is 11.2. The number of anilines is 1. The van der Waals surface area contributed by atoms with Gasteiger partial charge in [0.25, 0.3) is 0 Å². The summed E-state index contributed by atoms with van der Waals surface area (Å²) in [7, 11) is 2.11. The molecule has 1 aliphatic heterocycles. The lowest BCUT2D eigenvalue weighted by Crippen LogP contribution is -2.44. The molecule has 1 heterocycles. The van der Waals surface area contributed by atoms with Gasteiger partial charge < -0.3 is 20.3 Å². The first-order chi connectivity index (χ1) is 9.65. The van der Waals surface area contributed by atoms with Crippen LogP contribution in [0.3, 0.4) is 0 Å². The second-order valence-corrected chi connectivity index (χ2v) is 5.22. The van der Waals surface area contributed by atoms with Gasteiger partial charge in [0.2, 0.25) is 5.91 Å². The van der Waals surface area contributed by atoms with E-state index in [1.807, 2.05) is 24.3 Å². The number of carbonyl (C=O) groups excluding carboxylic acids is 1. The van der Waals surface area contributed by atoms with Crippen molar-refractivity contribution in [2.75, 3.05) is 38.6 Å². The predicted molar refractivity (Wildman–Crippen MR) is 79.7 cm³/mol. The largest absolute Gasteiger partial charge is 0.374 e. The Balaban J connectivity index is 1.83. The molecule has 1 aromatic rings. The smallest absolute Gasteiger partial charge is 0.221 e. The van der Waals surface area contributed by atoms with Gasteiger partial charge in [-0.25, -0.2) is 0 Å². The monoisotopic (exact) mass is 277 g/mol. The van der Waals surface area contributed by atoms with Crippen LogP contribution in [0.1, 0.15) is 12.5 Å². The summed E-state index contributed by atoms with van der Waals surface area (Å²) in [5, 5.41) is 6.25. The highest BCUT2D eigenvalue weighted by Crippen LogP contribution is 2.14. The van der Waals surface area contributed by atoms with E-state index in [1.54, 1.807) is 0 Å². The Kier molecular flexibility index (Phi) is 5.52. The van der Waals surface area contributed by atoms with Crippen molar-refractivity contribution in [2.45, 2.75) is 19.6 Å². The molecule has 0 aromatic heterocycles. The number of hydrogen-bond acceptors (Lipinski definition) is 4. The first-order valence-corrected chi connectivity index (χ1v) is 7.01. The molecule has 5 heteroatoms. The standard InChI is InChI=1S/C15H23N3O2/c1-12(19)17-15-6-4-3-5-13(15)9-16-10-14-11-18(2)7-8-20-14/h3-6,14,16H,7-11H2,1-2H3,(H,17,19). The summed E-state index contributed by atoms with van der Waals surface area (Å²) in [6.45, 7) is 5.82. The highest BCUT2D eigenvalue weighted by molar-refractivity contribution is 5.89. The van der Waals surface area contributed by atoms with E-state index in [1.165, 1.54) is 6.92 Å². The van der Waals surface area contributed by atoms with Crippen LogP contribution in [0.15, 0.2) is 24.3 Å². The van der Waals surface area contributed by atoms with Crippen LogP contribution in [-0.4, -0.2) is 50.2 Å². The summed E-state index contributed by atoms with van der Waals surface area (Å²) in [5.41, 5.74) is 1.96. The third-order valence-electron chi connectivity index (χ3n) is 3.36. The summed E-state index contributed by atoms with van der Waals surface area (Å²) >= 11 is 0. The number of hydrogen-bond donors (Lipinski definition) is 2. The number of likely N-dealkylation sites (N-methyl/N-ethyl adjacent to an activating group) is 1. The first-order valence-electron chi connectivity index (χ1n) is 7.01. The first kappa shape index (κ1) is 15.0. The van der Waals surface area contributed by atoms with Crippen molar-refractivity contribution >= 4 is 11.6 Å². The van der Waals surface area contributed by atoms with Crippen molar-refractivity contribution in [3.63, 3.8) is 0 Å². The molecule has 0 spiro atoms. The number of amides is 1. The van der Waals surface area contributed by atoms with Gasteiger partial charge in [-0.2, -0.15) is 0 Å². The minimum absolute atomic E-state index is 0.0466. The minimum Gasteiger partial charge on any atom is -0.374 e. The van der Waals surface area contributed by atoms with Crippen LogP contribution in [0.2, 0.25) is 0 Å². The molecular weight excluding hydrogens is 254 g/mol. The molecule has 0 aliphatic carbocycles. The van der Waals surface area contributed by atoms with E-state index in [4.69, 9.17) is 4.74 Å². The zero-order valence-corrected chi connectivity index (χ0v) is 12.2. The molecule has 0 radical (unpaired) electrons. The normalized spacial score (nSPS) is 19.8. The van der Waals surface area contributed by atoms with E-state index < -0.39 is 0 Å². The number of benzene rings is 1. The van der Waals surface area contributed by atoms with E-state index in [2.05, 4.69) is 22.6 Å². The molecule has 5 nitrogen and oxygen atoms in total. The molecule has 1 atom stereocenters. The van der Waals surface area contributed by atoms with Crippen LogP contribution in [0.5, 0.6) is 0 Å². The molecule has 20 heavy (non-hydrogen) atoms. The third kappa shape index (κ3) is 4.59. The SMILES string of the molecule is CC(=O)Nc1ccccc1CNCC1CN(C)CCO1. The third-order valence-corrected chi connectivity index (χ3v) is 3.36. The van der Waals surface area contributed by atoms with Gasteiger partial charge in [0, 0.05) is 38.8 Å². The summed E-state index contributed by atoms with van der Waals surface area (Å²) < 4.78 is 5.71. The van der Waals surface area contributed by atoms with Crippen LogP contribution < -0.4 is 10.6 Å². The summed E-state index contributed by atoms with van der Waals surface area (Å²) in [5.74, 6) is -0.0466. The van der Waals surface area contributed by atoms with Crippen LogP contribution >= 0.6 is 0 Å². The fourth-order valence-electron chi connectivity index (χ4n) is 2.34. The minimum atomic E-state index is -0.0466. The Morgan fingerprint density at radius 2 is 2.25 bits per heavy atom. The average molecular weight is 277 g/mol. The molecule has 1 aliphatic rings. The fourth-order valence-corrected chi connectivity index (χ4v) is 2.34. The predicted octanol–water partition coefficient (Wildman–Crippen LogP) is 1.07. The highest BCUT2D eigenvalue weighted by atomic mass is 16.5. The zero-order chi connectivity index (χ0) is 14.4. The Bertz CT molecular complexity index is 450. The lowest BCUT2D eigenvalue weighted by molar-refractivity contribution is -0.114. The maximum atomic E-state index is 11.2. The molecule has 1 fully saturated rings. The Morgan fingerprint density at radius 1 is 1.45 bits per heavy atom. The number of para-hydroxylation sites is 1. The van der Waals surface area contributed by atoms with Crippen LogP contribution in [-0.2, 0) is 16.1 Å². The van der Waals surface area contributed by atoms with Gasteiger partial charge in [-0.1, -0.05) is 18.2 Å². The maximum Gasteiger partial charge on any atom is 0.221 e. The molecule has 2 N–H and O–H groups in total. The molecular formula is C15H23N3O2. The molecule has 110 valence electrons. The highest BCUT2D eigenvalue weighted by Gasteiger charge is 2.17. The van der Waals surface area contributed by atoms with Crippen LogP contribution in [0.25, 0.3) is 0 Å². The van der Waals surface area contributed by atoms with Gasteiger partial charge in [0.05, 0.1) is 12.7 Å². The van der Waals surface area contributed by atoms with Crippen LogP contribution in [0, 0.1) is 0 Å². The second-order valence-electron chi connectivity index (χ2n) is 5.22. The Hall–Kier alpha value is -1.43. The van der Waals surface area contributed by atoms with E-state index >= 15 is 0 Å². The molecule has 1 saturated heterocycles. The molecule has 2 rings (SSSR count). The van der Waals surface area contributed by atoms with Gasteiger partial charge in [0.1, 0.15) is 0 Å². The molecule has 0 saturated carbocycles. The summed E-state index contributed by atoms with van der Waals surface area (Å²) in [6, 6.07) is 7.84. The van der Waals surface area contributed by atoms with E-state index in [-0.39, 0.29) is 12.0 Å². The number of nitrogens with zero attached hydrogens (tertiary/aromatic N) is 1. The van der Waals surface area contributed by atoms with Crippen molar-refractivity contribution in [3.8, 4) is 0 Å². The lowest BCUT2D eigenvalue weighted by atomic mass is 10.1. The van der Waals surface area contributed by atoms with E-state index in [0.29, 0.717) is 0 Å². The number of carbonyl (C=O) groups is 1. The Morgan fingerprint density at radius 3 is 3.00 bits per heavy atom. The molecule has 1 amide bonds. The van der Waals surface area contributed by atoms with Crippen molar-refractivity contribution in [3.05, 3.63) is 29.8 Å². The fraction of sp³-hybridized carbons (Fsp3) is 0.533. The number of morpholine rings is 1. The van der Waals surface area contributed by atoms with Gasteiger partial charge in [-0.15, -0.1) is 0 Å². The summed E-state index contributed by atoms with van der Waals surface area (Å²) in [6.07, 6.45) is 0.238. The number of nitrogens with one attached hydrogen (secondary N) is 2. The van der Waals surface area contributed by atoms with Gasteiger partial charge in [0.15, 0.2) is 0 Å². The lowest BCUT2D eigenvalue weighted by Gasteiger charge is -2.30. The van der Waals surface area contributed by atoms with Gasteiger partial charge in [-0.05, 0) is 18.7 Å². The van der Waals surface area contributed by atoms with Crippen LogP contribution in [0.4, 0.5) is 5.69 Å². The van der Waals surface area contributed by atoms with E-state index in [9.17, 15) is 4.79 Å². The van der Waals surface area contributed by atoms with Gasteiger partial charge >= 0.3 is 0 Å². The summed E-state index contributed by atoms with van der Waals surface area (Å²) in [4.78, 5) is 13.4. The van der Waals surface area contributed by atoms with E-state index in [0.717, 1.165) is 44.0 Å². The zero-order valence-electron chi connectivity index (χ0n) is 12.2. The molecule has 1 unspecified atom stereocenters. The number of ether oxygens (including phenoxy) is 1. The quantitative estimate of drug-likeness (QED) is 0.845. The Labute approximate surface area is 120 Å². The average Bonchev–Trinajstić information content (AvgIpc) is 2.40. The molecule has 0 bridgehead atoms. The van der Waals surface area contributed by atoms with Crippen molar-refractivity contribution < 1.29 is 9.53 Å². The topological polar surface area (TPSA) is 53.6 Å². The van der Waals surface area contributed by atoms with Crippen molar-refractivity contribution in [1.82, 2.24) is 10.2 Å². The second kappa shape index (κ2) is 7.38. The van der Waals surface area contributed by atoms with Crippen molar-refractivity contribution in [1.29, 1.82) is 0 Å². The van der Waals surface area contributed by atoms with Crippen molar-refractivity contribution in [2.24, 2.45) is 0 Å². The van der Waals surface area contributed by atoms with Gasteiger partial charge in [-0.3, -0.25) is 4.79 Å². The molecule has 1 aromatic carbocycles.